The molecule has 2 aromatic carbocycles. The van der Waals surface area contributed by atoms with E-state index in [0.29, 0.717) is 5.56 Å². The lowest BCUT2D eigenvalue weighted by atomic mass is 9.96. The second-order valence-corrected chi connectivity index (χ2v) is 8.43. The molecule has 4 rings (SSSR count). The quantitative estimate of drug-likeness (QED) is 0.527. The molecular weight excluding hydrogens is 432 g/mol. The molecular formula is C26H28N4O4. The standard InChI is InChI=1S/C26H28N4O4/c1-17(26(33)34-4)27-24(31)18(2)30-16-23-21(6-5-7-22(23)25(30)32)19-8-10-20(11-9-19)29-14-12-28(3)13-15-29/h5-11H,1-2,12-16H2,3-4H3,(H,27,31). The van der Waals surface area contributed by atoms with Crippen LogP contribution in [0.1, 0.15) is 15.9 Å². The van der Waals surface area contributed by atoms with Gasteiger partial charge >= 0.3 is 5.97 Å². The number of ether oxygens (including phenoxy) is 1. The van der Waals surface area contributed by atoms with Gasteiger partial charge in [0, 0.05) is 37.4 Å². The molecule has 176 valence electrons. The van der Waals surface area contributed by atoms with Gasteiger partial charge in [-0.15, -0.1) is 0 Å². The Morgan fingerprint density at radius 1 is 0.971 bits per heavy atom. The number of rotatable bonds is 6. The molecule has 2 aromatic rings. The van der Waals surface area contributed by atoms with Crippen LogP contribution < -0.4 is 10.2 Å². The summed E-state index contributed by atoms with van der Waals surface area (Å²) in [6, 6.07) is 13.9. The Morgan fingerprint density at radius 3 is 2.26 bits per heavy atom. The van der Waals surface area contributed by atoms with Gasteiger partial charge in [-0.1, -0.05) is 37.4 Å². The summed E-state index contributed by atoms with van der Waals surface area (Å²) in [5.41, 5.74) is 4.19. The number of fused-ring (bicyclic) bond motifs is 1. The first-order valence-electron chi connectivity index (χ1n) is 11.0. The molecule has 1 N–H and O–H groups in total. The summed E-state index contributed by atoms with van der Waals surface area (Å²) in [7, 11) is 3.32. The Balaban J connectivity index is 1.52. The first-order chi connectivity index (χ1) is 16.3. The first kappa shape index (κ1) is 23.3. The summed E-state index contributed by atoms with van der Waals surface area (Å²) in [4.78, 5) is 43.1. The van der Waals surface area contributed by atoms with Crippen LogP contribution in [0.25, 0.3) is 11.1 Å². The molecule has 8 heteroatoms. The van der Waals surface area contributed by atoms with Gasteiger partial charge < -0.3 is 19.9 Å². The lowest BCUT2D eigenvalue weighted by molar-refractivity contribution is -0.137. The SMILES string of the molecule is C=C(NC(=O)C(=C)N1Cc2c(cccc2-c2ccc(N3CCN(C)CC3)cc2)C1=O)C(=O)OC. The predicted octanol–water partition coefficient (Wildman–Crippen LogP) is 2.38. The molecule has 2 aliphatic rings. The highest BCUT2D eigenvalue weighted by Gasteiger charge is 2.33. The van der Waals surface area contributed by atoms with Gasteiger partial charge in [0.15, 0.2) is 0 Å². The van der Waals surface area contributed by atoms with Crippen LogP contribution in [0.5, 0.6) is 0 Å². The molecule has 0 spiro atoms. The first-order valence-corrected chi connectivity index (χ1v) is 11.0. The van der Waals surface area contributed by atoms with E-state index in [-0.39, 0.29) is 23.8 Å². The number of piperazine rings is 1. The number of likely N-dealkylation sites (N-methyl/N-ethyl adjacent to an activating group) is 1. The van der Waals surface area contributed by atoms with Gasteiger partial charge in [0.2, 0.25) is 0 Å². The van der Waals surface area contributed by atoms with Gasteiger partial charge in [-0.2, -0.15) is 0 Å². The third-order valence-corrected chi connectivity index (χ3v) is 6.30. The number of esters is 1. The van der Waals surface area contributed by atoms with Gasteiger partial charge in [-0.3, -0.25) is 14.5 Å². The molecule has 2 aliphatic heterocycles. The van der Waals surface area contributed by atoms with Crippen molar-refractivity contribution in [2.45, 2.75) is 6.54 Å². The lowest BCUT2D eigenvalue weighted by Gasteiger charge is -2.34. The number of nitrogens with zero attached hydrogens (tertiary/aromatic N) is 3. The fourth-order valence-corrected chi connectivity index (χ4v) is 4.24. The highest BCUT2D eigenvalue weighted by atomic mass is 16.5. The van der Waals surface area contributed by atoms with E-state index in [9.17, 15) is 14.4 Å². The van der Waals surface area contributed by atoms with Crippen LogP contribution in [0.4, 0.5) is 5.69 Å². The molecule has 1 saturated heterocycles. The smallest absolute Gasteiger partial charge is 0.353 e. The van der Waals surface area contributed by atoms with E-state index in [1.165, 1.54) is 17.7 Å². The molecule has 0 saturated carbocycles. The number of anilines is 1. The van der Waals surface area contributed by atoms with E-state index >= 15 is 0 Å². The van der Waals surface area contributed by atoms with E-state index in [2.05, 4.69) is 64.3 Å². The minimum absolute atomic E-state index is 0.0670. The summed E-state index contributed by atoms with van der Waals surface area (Å²) in [6.07, 6.45) is 0. The lowest BCUT2D eigenvalue weighted by Crippen LogP contribution is -2.44. The van der Waals surface area contributed by atoms with E-state index in [0.717, 1.165) is 42.9 Å². The number of nitrogens with one attached hydrogen (secondary N) is 1. The molecule has 0 aliphatic carbocycles. The monoisotopic (exact) mass is 460 g/mol. The number of methoxy groups -OCH3 is 1. The molecule has 2 amide bonds. The van der Waals surface area contributed by atoms with Gasteiger partial charge in [0.1, 0.15) is 11.4 Å². The minimum atomic E-state index is -0.764. The van der Waals surface area contributed by atoms with Gasteiger partial charge in [-0.05, 0) is 41.9 Å². The fourth-order valence-electron chi connectivity index (χ4n) is 4.24. The van der Waals surface area contributed by atoms with Gasteiger partial charge in [-0.25, -0.2) is 4.79 Å². The van der Waals surface area contributed by atoms with Crippen molar-refractivity contribution in [3.05, 3.63) is 78.1 Å². The number of carbonyl (C=O) groups is 3. The molecule has 34 heavy (non-hydrogen) atoms. The van der Waals surface area contributed by atoms with E-state index in [1.807, 2.05) is 12.1 Å². The predicted molar refractivity (Wildman–Crippen MR) is 130 cm³/mol. The Kier molecular flexibility index (Phi) is 6.51. The van der Waals surface area contributed by atoms with E-state index in [1.54, 1.807) is 6.07 Å². The Bertz CT molecular complexity index is 1160. The highest BCUT2D eigenvalue weighted by molar-refractivity contribution is 6.07. The Morgan fingerprint density at radius 2 is 1.62 bits per heavy atom. The Hall–Kier alpha value is -3.91. The summed E-state index contributed by atoms with van der Waals surface area (Å²) in [5.74, 6) is -1.76. The highest BCUT2D eigenvalue weighted by Crippen LogP contribution is 2.35. The average molecular weight is 461 g/mol. The second-order valence-electron chi connectivity index (χ2n) is 8.43. The molecule has 0 atom stereocenters. The van der Waals surface area contributed by atoms with Gasteiger partial charge in [0.25, 0.3) is 11.8 Å². The van der Waals surface area contributed by atoms with Crippen LogP contribution in [-0.4, -0.2) is 67.9 Å². The van der Waals surface area contributed by atoms with Crippen molar-refractivity contribution < 1.29 is 19.1 Å². The molecule has 0 aromatic heterocycles. The summed E-state index contributed by atoms with van der Waals surface area (Å²) < 4.78 is 4.54. The summed E-state index contributed by atoms with van der Waals surface area (Å²) in [5, 5.41) is 2.33. The topological polar surface area (TPSA) is 82.2 Å². The van der Waals surface area contributed by atoms with Crippen LogP contribution >= 0.6 is 0 Å². The molecule has 8 nitrogen and oxygen atoms in total. The number of amides is 2. The molecule has 2 heterocycles. The van der Waals surface area contributed by atoms with E-state index < -0.39 is 11.9 Å². The van der Waals surface area contributed by atoms with Crippen LogP contribution in [0.3, 0.4) is 0 Å². The van der Waals surface area contributed by atoms with Crippen LogP contribution in [0.2, 0.25) is 0 Å². The van der Waals surface area contributed by atoms with Crippen LogP contribution in [0.15, 0.2) is 67.0 Å². The summed E-state index contributed by atoms with van der Waals surface area (Å²) >= 11 is 0. The largest absolute Gasteiger partial charge is 0.464 e. The van der Waals surface area contributed by atoms with Crippen molar-refractivity contribution in [3.8, 4) is 11.1 Å². The van der Waals surface area contributed by atoms with Crippen LogP contribution in [-0.2, 0) is 20.9 Å². The van der Waals surface area contributed by atoms with Crippen LogP contribution in [0, 0.1) is 0 Å². The maximum absolute atomic E-state index is 13.0. The van der Waals surface area contributed by atoms with Crippen molar-refractivity contribution in [1.82, 2.24) is 15.1 Å². The van der Waals surface area contributed by atoms with Crippen molar-refractivity contribution in [2.75, 3.05) is 45.2 Å². The Labute approximate surface area is 199 Å². The van der Waals surface area contributed by atoms with Crippen molar-refractivity contribution in [2.24, 2.45) is 0 Å². The summed E-state index contributed by atoms with van der Waals surface area (Å²) in [6.45, 7) is 11.5. The van der Waals surface area contributed by atoms with E-state index in [4.69, 9.17) is 0 Å². The third-order valence-electron chi connectivity index (χ3n) is 6.30. The van der Waals surface area contributed by atoms with Gasteiger partial charge in [0.05, 0.1) is 13.7 Å². The molecule has 0 unspecified atom stereocenters. The average Bonchev–Trinajstić information content (AvgIpc) is 3.20. The number of hydrogen-bond donors (Lipinski definition) is 1. The van der Waals surface area contributed by atoms with Crippen molar-refractivity contribution in [3.63, 3.8) is 0 Å². The zero-order chi connectivity index (χ0) is 24.4. The number of hydrogen-bond acceptors (Lipinski definition) is 6. The molecule has 0 bridgehead atoms. The molecule has 1 fully saturated rings. The fraction of sp³-hybridized carbons (Fsp3) is 0.269. The minimum Gasteiger partial charge on any atom is -0.464 e. The van der Waals surface area contributed by atoms with Crippen molar-refractivity contribution >= 4 is 23.5 Å². The zero-order valence-corrected chi connectivity index (χ0v) is 19.5. The zero-order valence-electron chi connectivity index (χ0n) is 19.5. The number of benzene rings is 2. The maximum Gasteiger partial charge on any atom is 0.353 e. The maximum atomic E-state index is 13.0. The van der Waals surface area contributed by atoms with Crippen molar-refractivity contribution in [1.29, 1.82) is 0 Å². The second kappa shape index (κ2) is 9.52. The normalized spacial score (nSPS) is 15.6. The third kappa shape index (κ3) is 4.45. The number of carbonyl (C=O) groups excluding carboxylic acids is 3. The molecule has 0 radical (unpaired) electrons.